The lowest BCUT2D eigenvalue weighted by Crippen LogP contribution is -2.35. The third-order valence-electron chi connectivity index (χ3n) is 7.38. The van der Waals surface area contributed by atoms with Gasteiger partial charge in [0.05, 0.1) is 31.6 Å². The topological polar surface area (TPSA) is 276 Å². The smallest absolute Gasteiger partial charge is 0.397 e. The van der Waals surface area contributed by atoms with Crippen molar-refractivity contribution in [3.8, 4) is 0 Å². The molecule has 0 radical (unpaired) electrons. The summed E-state index contributed by atoms with van der Waals surface area (Å²) in [5.41, 5.74) is 11.4. The van der Waals surface area contributed by atoms with Crippen molar-refractivity contribution in [2.75, 3.05) is 24.7 Å². The molecule has 7 N–H and O–H groups in total. The first-order chi connectivity index (χ1) is 21.3. The standard InChI is InChI=1S/C21H24FN9O11P2S/c22-10-14-9(40-19(10)30-5-26-11-7(23)1-2-25-16(11)30)4-38-44(36,45)42-15-13(32)8(3-37-43(34,35)41-14)39-20(15)31-6-27-12-17(31)28-21(24)29-18(12)33/h1-2,5-6,8-10,13-15,19-20,32H,3-4H2,(H2,23,25)(H,34,35)(H,36,45)(H3,24,28,29,33)/t8-,9-,10?,13?,14+,15+,19-,20-,44-/m1/s1. The molecule has 7 heterocycles. The summed E-state index contributed by atoms with van der Waals surface area (Å²) in [6.45, 7) is -5.98. The van der Waals surface area contributed by atoms with Crippen LogP contribution < -0.4 is 17.0 Å². The number of ether oxygens (including phenoxy) is 2. The second kappa shape index (κ2) is 11.1. The molecule has 0 aliphatic carbocycles. The van der Waals surface area contributed by atoms with Gasteiger partial charge in [0.1, 0.15) is 36.0 Å². The van der Waals surface area contributed by atoms with Gasteiger partial charge in [0, 0.05) is 6.20 Å². The molecule has 0 spiro atoms. The third kappa shape index (κ3) is 5.44. The van der Waals surface area contributed by atoms with E-state index in [9.17, 15) is 23.9 Å². The van der Waals surface area contributed by atoms with Gasteiger partial charge in [0.25, 0.3) is 5.56 Å². The average Bonchev–Trinajstić information content (AvgIpc) is 3.72. The first kappa shape index (κ1) is 30.6. The van der Waals surface area contributed by atoms with E-state index in [2.05, 4.69) is 37.2 Å². The van der Waals surface area contributed by atoms with Crippen LogP contribution in [0.5, 0.6) is 0 Å². The van der Waals surface area contributed by atoms with E-state index in [0.717, 1.165) is 6.33 Å². The summed E-state index contributed by atoms with van der Waals surface area (Å²) in [4.78, 5) is 41.5. The number of thiol groups is 1. The van der Waals surface area contributed by atoms with E-state index >= 15 is 4.39 Å². The van der Waals surface area contributed by atoms with Gasteiger partial charge < -0.3 is 30.9 Å². The zero-order chi connectivity index (χ0) is 31.8. The van der Waals surface area contributed by atoms with Gasteiger partial charge in [-0.05, 0) is 6.07 Å². The Hall–Kier alpha value is -3.01. The number of halogens is 1. The quantitative estimate of drug-likeness (QED) is 0.121. The maximum Gasteiger partial charge on any atom is 0.472 e. The molecule has 24 heteroatoms. The second-order valence-electron chi connectivity index (χ2n) is 10.2. The lowest BCUT2D eigenvalue weighted by atomic mass is 10.1. The van der Waals surface area contributed by atoms with Crippen LogP contribution in [0.25, 0.3) is 22.3 Å². The predicted molar refractivity (Wildman–Crippen MR) is 151 cm³/mol. The molecule has 4 aromatic heterocycles. The largest absolute Gasteiger partial charge is 0.472 e. The van der Waals surface area contributed by atoms with Crippen LogP contribution in [-0.4, -0.2) is 94.0 Å². The number of anilines is 2. The van der Waals surface area contributed by atoms with E-state index in [-0.39, 0.29) is 34.0 Å². The Balaban J connectivity index is 1.21. The number of nitrogens with one attached hydrogen (secondary N) is 1. The molecule has 10 atom stereocenters. The molecule has 20 nitrogen and oxygen atoms in total. The zero-order valence-corrected chi connectivity index (χ0v) is 25.2. The number of aliphatic hydroxyl groups is 1. The number of hydrogen-bond donors (Lipinski definition) is 6. The number of hydrogen-bond acceptors (Lipinski definition) is 16. The first-order valence-electron chi connectivity index (χ1n) is 13.1. The van der Waals surface area contributed by atoms with Gasteiger partial charge in [-0.2, -0.15) is 4.98 Å². The molecule has 0 saturated carbocycles. The number of aromatic amines is 1. The maximum atomic E-state index is 15.9. The lowest BCUT2D eigenvalue weighted by Gasteiger charge is -2.26. The number of aromatic nitrogens is 7. The Kier molecular flexibility index (Phi) is 7.53. The van der Waals surface area contributed by atoms with Crippen LogP contribution in [0, 0.1) is 0 Å². The van der Waals surface area contributed by atoms with E-state index in [1.165, 1.54) is 27.7 Å². The summed E-state index contributed by atoms with van der Waals surface area (Å²) in [7, 11) is -5.09. The second-order valence-corrected chi connectivity index (χ2v) is 14.5. The van der Waals surface area contributed by atoms with Crippen LogP contribution in [0.1, 0.15) is 12.5 Å². The number of nitrogens with zero attached hydrogens (tertiary/aromatic N) is 6. The van der Waals surface area contributed by atoms with Gasteiger partial charge in [-0.25, -0.2) is 28.5 Å². The van der Waals surface area contributed by atoms with Gasteiger partial charge in [0.15, 0.2) is 35.4 Å². The zero-order valence-electron chi connectivity index (χ0n) is 22.5. The number of pyridine rings is 1. The van der Waals surface area contributed by atoms with Crippen LogP contribution in [0.2, 0.25) is 0 Å². The number of phosphoric acid groups is 1. The predicted octanol–water partition coefficient (Wildman–Crippen LogP) is 0.178. The van der Waals surface area contributed by atoms with Crippen molar-refractivity contribution in [3.05, 3.63) is 35.3 Å². The van der Waals surface area contributed by atoms with Gasteiger partial charge in [0.2, 0.25) is 5.95 Å². The van der Waals surface area contributed by atoms with Crippen molar-refractivity contribution < 1.29 is 51.1 Å². The number of imidazole rings is 2. The van der Waals surface area contributed by atoms with Crippen molar-refractivity contribution in [2.45, 2.75) is 49.1 Å². The Morgan fingerprint density at radius 1 is 0.978 bits per heavy atom. The highest BCUT2D eigenvalue weighted by atomic mass is 32.7. The minimum atomic E-state index is -5.09. The number of nitrogens with two attached hydrogens (primary N) is 2. The fourth-order valence-corrected chi connectivity index (χ4v) is 7.76. The summed E-state index contributed by atoms with van der Waals surface area (Å²) in [5, 5.41) is 11.1. The Morgan fingerprint density at radius 3 is 2.44 bits per heavy atom. The summed E-state index contributed by atoms with van der Waals surface area (Å²) in [6, 6.07) is 1.50. The van der Waals surface area contributed by atoms with Crippen molar-refractivity contribution in [3.63, 3.8) is 0 Å². The molecular weight excluding hydrogens is 667 g/mol. The molecular formula is C21H24FN9O11P2S. The highest BCUT2D eigenvalue weighted by Crippen LogP contribution is 2.58. The molecule has 0 amide bonds. The van der Waals surface area contributed by atoms with Crippen LogP contribution >= 0.6 is 26.9 Å². The number of aliphatic hydroxyl groups excluding tert-OH is 1. The van der Waals surface area contributed by atoms with Crippen LogP contribution in [0.4, 0.5) is 16.0 Å². The monoisotopic (exact) mass is 691 g/mol. The van der Waals surface area contributed by atoms with Gasteiger partial charge in [-0.15, -0.1) is 0 Å². The van der Waals surface area contributed by atoms with Gasteiger partial charge in [-0.1, -0.05) is 12.2 Å². The van der Waals surface area contributed by atoms with E-state index in [1.807, 2.05) is 0 Å². The Morgan fingerprint density at radius 2 is 1.67 bits per heavy atom. The molecule has 45 heavy (non-hydrogen) atoms. The van der Waals surface area contributed by atoms with Crippen molar-refractivity contribution in [1.82, 2.24) is 34.1 Å². The van der Waals surface area contributed by atoms with E-state index in [4.69, 9.17) is 39.0 Å². The highest BCUT2D eigenvalue weighted by Gasteiger charge is 2.54. The molecule has 2 bridgehead atoms. The number of fused-ring (bicyclic) bond motifs is 5. The Labute approximate surface area is 255 Å². The van der Waals surface area contributed by atoms with Crippen LogP contribution in [-0.2, 0) is 36.7 Å². The average molecular weight is 691 g/mol. The third-order valence-corrected chi connectivity index (χ3v) is 9.98. The fraction of sp³-hybridized carbons (Fsp3) is 0.476. The van der Waals surface area contributed by atoms with E-state index in [1.54, 1.807) is 0 Å². The van der Waals surface area contributed by atoms with Gasteiger partial charge in [-0.3, -0.25) is 37.0 Å². The van der Waals surface area contributed by atoms with E-state index < -0.39 is 82.5 Å². The molecule has 0 aromatic carbocycles. The number of alkyl halides is 1. The van der Waals surface area contributed by atoms with Crippen molar-refractivity contribution >= 4 is 60.8 Å². The fourth-order valence-electron chi connectivity index (χ4n) is 5.34. The molecule has 7 rings (SSSR count). The summed E-state index contributed by atoms with van der Waals surface area (Å²) >= 11 is 4.02. The number of H-pyrrole nitrogens is 1. The molecule has 242 valence electrons. The lowest BCUT2D eigenvalue weighted by molar-refractivity contribution is -0.0619. The SMILES string of the molecule is Nc1nc2c(ncn2[C@@H]2O[C@@H]3COP(=O)(O)O[C@@H]4C(F)[C@H](n5cnc6c(N)ccnc65)O[C@@H]4CO[P@@](=O)(S)O[C@H]2C3O)c(=O)[nH]1. The van der Waals surface area contributed by atoms with Gasteiger partial charge >= 0.3 is 14.6 Å². The molecule has 4 aromatic rings. The van der Waals surface area contributed by atoms with Crippen LogP contribution in [0.15, 0.2) is 29.7 Å². The minimum Gasteiger partial charge on any atom is -0.397 e. The molecule has 3 aliphatic heterocycles. The highest BCUT2D eigenvalue weighted by molar-refractivity contribution is 8.44. The summed E-state index contributed by atoms with van der Waals surface area (Å²) < 4.78 is 77.8. The first-order valence-corrected chi connectivity index (χ1v) is 17.2. The van der Waals surface area contributed by atoms with Crippen molar-refractivity contribution in [1.29, 1.82) is 0 Å². The molecule has 3 fully saturated rings. The molecule has 3 aliphatic rings. The van der Waals surface area contributed by atoms with Crippen molar-refractivity contribution in [2.24, 2.45) is 0 Å². The maximum absolute atomic E-state index is 15.9. The molecule has 3 saturated heterocycles. The number of nitrogen functional groups attached to an aromatic ring is 2. The molecule has 3 unspecified atom stereocenters. The van der Waals surface area contributed by atoms with Crippen LogP contribution in [0.3, 0.4) is 0 Å². The summed E-state index contributed by atoms with van der Waals surface area (Å²) in [5.74, 6) is -0.257. The van der Waals surface area contributed by atoms with E-state index in [0.29, 0.717) is 0 Å². The normalized spacial score (nSPS) is 37.7. The summed E-state index contributed by atoms with van der Waals surface area (Å²) in [6.07, 6.45) is -9.23. The Bertz CT molecular complexity index is 1940. The minimum absolute atomic E-state index is 0.0821. The number of phosphoric ester groups is 1. The number of rotatable bonds is 2.